The highest BCUT2D eigenvalue weighted by atomic mass is 79.9. The summed E-state index contributed by atoms with van der Waals surface area (Å²) in [4.78, 5) is 0. The topological polar surface area (TPSA) is 101 Å². The van der Waals surface area contributed by atoms with E-state index >= 15 is 0 Å². The van der Waals surface area contributed by atoms with Crippen molar-refractivity contribution in [1.82, 2.24) is 0 Å². The van der Waals surface area contributed by atoms with Crippen LogP contribution in [0.2, 0.25) is 0 Å². The second-order valence-corrected chi connectivity index (χ2v) is 4.72. The van der Waals surface area contributed by atoms with Crippen molar-refractivity contribution in [3.8, 4) is 40.1 Å². The van der Waals surface area contributed by atoms with Crippen LogP contribution < -0.4 is 21.7 Å². The summed E-state index contributed by atoms with van der Waals surface area (Å²) in [5.41, 5.74) is 0.675. The van der Waals surface area contributed by atoms with E-state index in [9.17, 15) is 20.4 Å². The van der Waals surface area contributed by atoms with Crippen LogP contribution in [0.4, 0.5) is 0 Å². The van der Waals surface area contributed by atoms with Crippen molar-refractivity contribution < 1.29 is 46.6 Å². The third-order valence-electron chi connectivity index (χ3n) is 3.29. The number of benzene rings is 2. The molecule has 0 unspecified atom stereocenters. The SMILES string of the molecule is COc1cc(O)c2cc(O)c(-c3ccc(O)c(O)c3)[o+]c2c1.[Br-]. The van der Waals surface area contributed by atoms with Crippen molar-refractivity contribution in [2.45, 2.75) is 0 Å². The van der Waals surface area contributed by atoms with Gasteiger partial charge in [0.1, 0.15) is 16.9 Å². The second-order valence-electron chi connectivity index (χ2n) is 4.72. The molecule has 2 aromatic carbocycles. The zero-order chi connectivity index (χ0) is 15.9. The number of fused-ring (bicyclic) bond motifs is 1. The first-order valence-electron chi connectivity index (χ1n) is 6.39. The first kappa shape index (κ1) is 16.7. The van der Waals surface area contributed by atoms with E-state index in [1.807, 2.05) is 0 Å². The molecular formula is C16H13BrO6. The molecule has 7 heteroatoms. The average molecular weight is 381 g/mol. The Morgan fingerprint density at radius 3 is 2.22 bits per heavy atom. The first-order chi connectivity index (χ1) is 10.5. The molecule has 6 nitrogen and oxygen atoms in total. The zero-order valence-corrected chi connectivity index (χ0v) is 13.5. The summed E-state index contributed by atoms with van der Waals surface area (Å²) in [5, 5.41) is 39.2. The lowest BCUT2D eigenvalue weighted by Gasteiger charge is -2.02. The summed E-state index contributed by atoms with van der Waals surface area (Å²) in [6.07, 6.45) is 0. The monoisotopic (exact) mass is 380 g/mol. The van der Waals surface area contributed by atoms with Crippen LogP contribution in [0.5, 0.6) is 28.7 Å². The van der Waals surface area contributed by atoms with E-state index in [0.717, 1.165) is 0 Å². The van der Waals surface area contributed by atoms with E-state index in [1.54, 1.807) is 6.07 Å². The van der Waals surface area contributed by atoms with Gasteiger partial charge in [-0.3, -0.25) is 0 Å². The number of rotatable bonds is 2. The van der Waals surface area contributed by atoms with Gasteiger partial charge in [0, 0.05) is 18.2 Å². The molecule has 0 amide bonds. The van der Waals surface area contributed by atoms with E-state index in [4.69, 9.17) is 9.15 Å². The van der Waals surface area contributed by atoms with Crippen LogP contribution in [0.3, 0.4) is 0 Å². The van der Waals surface area contributed by atoms with Crippen molar-refractivity contribution >= 4 is 11.0 Å². The number of aromatic hydroxyl groups is 4. The van der Waals surface area contributed by atoms with Crippen LogP contribution in [-0.2, 0) is 0 Å². The smallest absolute Gasteiger partial charge is 0.402 e. The van der Waals surface area contributed by atoms with E-state index in [2.05, 4.69) is 0 Å². The summed E-state index contributed by atoms with van der Waals surface area (Å²) >= 11 is 0. The Morgan fingerprint density at radius 1 is 0.826 bits per heavy atom. The fourth-order valence-electron chi connectivity index (χ4n) is 2.17. The minimum atomic E-state index is -0.333. The molecule has 120 valence electrons. The Morgan fingerprint density at radius 2 is 1.57 bits per heavy atom. The Kier molecular flexibility index (Phi) is 4.51. The highest BCUT2D eigenvalue weighted by Crippen LogP contribution is 2.40. The summed E-state index contributed by atoms with van der Waals surface area (Å²) < 4.78 is 10.7. The summed E-state index contributed by atoms with van der Waals surface area (Å²) in [5.74, 6) is -0.412. The molecule has 0 fully saturated rings. The molecule has 0 aliphatic rings. The predicted molar refractivity (Wildman–Crippen MR) is 79.3 cm³/mol. The molecule has 0 bridgehead atoms. The Hall–Kier alpha value is -2.67. The van der Waals surface area contributed by atoms with E-state index < -0.39 is 0 Å². The molecule has 0 atom stereocenters. The lowest BCUT2D eigenvalue weighted by atomic mass is 10.1. The van der Waals surface area contributed by atoms with Crippen LogP contribution in [0.1, 0.15) is 0 Å². The molecule has 3 rings (SSSR count). The number of ether oxygens (including phenoxy) is 1. The molecule has 1 heterocycles. The lowest BCUT2D eigenvalue weighted by molar-refractivity contribution is -0.00000888. The maximum Gasteiger partial charge on any atom is 0.402 e. The molecule has 1 aromatic heterocycles. The minimum Gasteiger partial charge on any atom is -1.00 e. The number of phenols is 3. The van der Waals surface area contributed by atoms with E-state index in [-0.39, 0.29) is 45.7 Å². The standard InChI is InChI=1S/C16H12O6.BrH/c1-21-9-5-12(18)10-7-14(20)16(22-15(10)6-9)8-2-3-11(17)13(19)4-8;/h2-7H,1H3,(H3-,17,18,19,20);1H. The normalized spacial score (nSPS) is 10.3. The van der Waals surface area contributed by atoms with Crippen molar-refractivity contribution in [3.63, 3.8) is 0 Å². The van der Waals surface area contributed by atoms with Crippen LogP contribution in [-0.4, -0.2) is 27.5 Å². The number of halogens is 1. The Balaban J connectivity index is 0.00000192. The van der Waals surface area contributed by atoms with Crippen LogP contribution in [0, 0.1) is 0 Å². The van der Waals surface area contributed by atoms with Crippen molar-refractivity contribution in [2.24, 2.45) is 0 Å². The highest BCUT2D eigenvalue weighted by molar-refractivity contribution is 5.88. The van der Waals surface area contributed by atoms with Gasteiger partial charge in [-0.05, 0) is 12.1 Å². The molecule has 0 aliphatic heterocycles. The van der Waals surface area contributed by atoms with Gasteiger partial charge in [-0.1, -0.05) is 0 Å². The van der Waals surface area contributed by atoms with Crippen molar-refractivity contribution in [3.05, 3.63) is 36.4 Å². The van der Waals surface area contributed by atoms with Crippen LogP contribution in [0.15, 0.2) is 40.8 Å². The molecular weight excluding hydrogens is 368 g/mol. The Bertz CT molecular complexity index is 878. The molecule has 0 spiro atoms. The van der Waals surface area contributed by atoms with E-state index in [1.165, 1.54) is 37.4 Å². The molecule has 23 heavy (non-hydrogen) atoms. The van der Waals surface area contributed by atoms with Crippen molar-refractivity contribution in [1.29, 1.82) is 0 Å². The third kappa shape index (κ3) is 2.95. The average Bonchev–Trinajstić information content (AvgIpc) is 2.50. The lowest BCUT2D eigenvalue weighted by Crippen LogP contribution is -3.00. The van der Waals surface area contributed by atoms with Gasteiger partial charge in [0.05, 0.1) is 18.7 Å². The molecule has 0 aliphatic carbocycles. The molecule has 0 saturated heterocycles. The second kappa shape index (κ2) is 6.21. The Labute approximate surface area is 141 Å². The third-order valence-corrected chi connectivity index (χ3v) is 3.29. The van der Waals surface area contributed by atoms with Gasteiger partial charge in [-0.25, -0.2) is 4.42 Å². The number of hydrogen-bond donors (Lipinski definition) is 4. The van der Waals surface area contributed by atoms with Gasteiger partial charge >= 0.3 is 11.3 Å². The summed E-state index contributed by atoms with van der Waals surface area (Å²) in [6.45, 7) is 0. The fourth-order valence-corrected chi connectivity index (χ4v) is 2.17. The number of phenolic OH excluding ortho intramolecular Hbond substituents is 3. The maximum atomic E-state index is 10.1. The quantitative estimate of drug-likeness (QED) is 0.374. The van der Waals surface area contributed by atoms with Gasteiger partial charge in [-0.15, -0.1) is 0 Å². The first-order valence-corrected chi connectivity index (χ1v) is 6.39. The van der Waals surface area contributed by atoms with Gasteiger partial charge in [-0.2, -0.15) is 0 Å². The van der Waals surface area contributed by atoms with Gasteiger partial charge in [0.2, 0.25) is 5.75 Å². The summed E-state index contributed by atoms with van der Waals surface area (Å²) in [6, 6.07) is 8.36. The largest absolute Gasteiger partial charge is 1.00 e. The van der Waals surface area contributed by atoms with Gasteiger partial charge in [0.25, 0.3) is 0 Å². The van der Waals surface area contributed by atoms with Crippen LogP contribution >= 0.6 is 0 Å². The van der Waals surface area contributed by atoms with Gasteiger partial charge < -0.3 is 42.1 Å². The van der Waals surface area contributed by atoms with Crippen molar-refractivity contribution in [2.75, 3.05) is 7.11 Å². The van der Waals surface area contributed by atoms with Gasteiger partial charge in [0.15, 0.2) is 11.5 Å². The molecule has 0 radical (unpaired) electrons. The molecule has 3 aromatic rings. The number of methoxy groups -OCH3 is 1. The minimum absolute atomic E-state index is 0. The van der Waals surface area contributed by atoms with E-state index in [0.29, 0.717) is 22.3 Å². The summed E-state index contributed by atoms with van der Waals surface area (Å²) in [7, 11) is 1.46. The molecule has 0 saturated carbocycles. The number of hydrogen-bond acceptors (Lipinski definition) is 5. The highest BCUT2D eigenvalue weighted by Gasteiger charge is 2.24. The van der Waals surface area contributed by atoms with Crippen LogP contribution in [0.25, 0.3) is 22.3 Å². The molecule has 4 N–H and O–H groups in total. The zero-order valence-electron chi connectivity index (χ0n) is 11.9. The predicted octanol–water partition coefficient (Wildman–Crippen LogP) is 0.216. The fraction of sp³-hybridized carbons (Fsp3) is 0.0625. The maximum absolute atomic E-state index is 10.1.